The van der Waals surface area contributed by atoms with Crippen molar-refractivity contribution < 1.29 is 41.4 Å². The van der Waals surface area contributed by atoms with Gasteiger partial charge >= 0.3 is 5.97 Å². The molecule has 10 heteroatoms. The number of esters is 1. The molecule has 138 valence electrons. The number of carbonyl (C=O) groups is 2. The van der Waals surface area contributed by atoms with Gasteiger partial charge in [-0.1, -0.05) is 6.07 Å². The highest BCUT2D eigenvalue weighted by molar-refractivity contribution is 5.96. The summed E-state index contributed by atoms with van der Waals surface area (Å²) in [4.78, 5) is 23.3. The summed E-state index contributed by atoms with van der Waals surface area (Å²) in [6.07, 6.45) is 0. The van der Waals surface area contributed by atoms with Crippen LogP contribution in [-0.2, 0) is 9.53 Å². The number of phenols is 1. The van der Waals surface area contributed by atoms with Crippen molar-refractivity contribution in [3.63, 3.8) is 0 Å². The second-order valence-electron chi connectivity index (χ2n) is 5.09. The Morgan fingerprint density at radius 2 is 1.54 bits per heavy atom. The number of hydrogen-bond donors (Lipinski definition) is 2. The minimum Gasteiger partial charge on any atom is -0.507 e. The summed E-state index contributed by atoms with van der Waals surface area (Å²) in [7, 11) is 0. The maximum absolute atomic E-state index is 13.4. The molecule has 0 heterocycles. The van der Waals surface area contributed by atoms with Gasteiger partial charge in [0.2, 0.25) is 5.82 Å². The van der Waals surface area contributed by atoms with Crippen LogP contribution in [0.3, 0.4) is 0 Å². The molecule has 26 heavy (non-hydrogen) atoms. The van der Waals surface area contributed by atoms with Crippen molar-refractivity contribution in [3.8, 4) is 5.75 Å². The standard InChI is InChI=1S/C16H10F5NO4/c1-6-2-3-7(8(23)4-6)16(25)26-5-9(24)22-15-13(20)11(18)10(17)12(19)14(15)21/h2-4,23H,5H2,1H3,(H,22,24). The molecular weight excluding hydrogens is 365 g/mol. The SMILES string of the molecule is Cc1ccc(C(=O)OCC(=O)Nc2c(F)c(F)c(F)c(F)c2F)c(O)c1. The summed E-state index contributed by atoms with van der Waals surface area (Å²) in [5.74, 6) is -14.2. The quantitative estimate of drug-likeness (QED) is 0.373. The highest BCUT2D eigenvalue weighted by Gasteiger charge is 2.27. The van der Waals surface area contributed by atoms with Gasteiger partial charge in [0.05, 0.1) is 0 Å². The fraction of sp³-hybridized carbons (Fsp3) is 0.125. The first-order valence-corrected chi connectivity index (χ1v) is 6.91. The van der Waals surface area contributed by atoms with E-state index in [0.717, 1.165) is 0 Å². The van der Waals surface area contributed by atoms with Gasteiger partial charge in [-0.15, -0.1) is 0 Å². The fourth-order valence-electron chi connectivity index (χ4n) is 1.91. The number of aryl methyl sites for hydroxylation is 1. The lowest BCUT2D eigenvalue weighted by Crippen LogP contribution is -2.23. The second-order valence-corrected chi connectivity index (χ2v) is 5.09. The van der Waals surface area contributed by atoms with Crippen molar-refractivity contribution in [1.29, 1.82) is 0 Å². The summed E-state index contributed by atoms with van der Waals surface area (Å²) in [6.45, 7) is 0.554. The van der Waals surface area contributed by atoms with Crippen molar-refractivity contribution in [3.05, 3.63) is 58.4 Å². The molecule has 2 aromatic carbocycles. The summed E-state index contributed by atoms with van der Waals surface area (Å²) < 4.78 is 70.4. The van der Waals surface area contributed by atoms with E-state index < -0.39 is 59.0 Å². The predicted molar refractivity (Wildman–Crippen MR) is 78.0 cm³/mol. The molecule has 0 fully saturated rings. The number of nitrogens with one attached hydrogen (secondary N) is 1. The van der Waals surface area contributed by atoms with Gasteiger partial charge < -0.3 is 15.2 Å². The van der Waals surface area contributed by atoms with Gasteiger partial charge in [-0.2, -0.15) is 0 Å². The van der Waals surface area contributed by atoms with E-state index in [2.05, 4.69) is 4.74 Å². The number of carbonyl (C=O) groups excluding carboxylic acids is 2. The first-order valence-electron chi connectivity index (χ1n) is 6.91. The number of rotatable bonds is 4. The number of hydrogen-bond acceptors (Lipinski definition) is 4. The highest BCUT2D eigenvalue weighted by Crippen LogP contribution is 2.27. The monoisotopic (exact) mass is 375 g/mol. The molecule has 0 bridgehead atoms. The molecule has 1 amide bonds. The van der Waals surface area contributed by atoms with Crippen LogP contribution >= 0.6 is 0 Å². The molecule has 0 radical (unpaired) electrons. The summed E-state index contributed by atoms with van der Waals surface area (Å²) in [5.41, 5.74) is -1.21. The Morgan fingerprint density at radius 1 is 1.00 bits per heavy atom. The second kappa shape index (κ2) is 7.38. The smallest absolute Gasteiger partial charge is 0.342 e. The molecule has 2 N–H and O–H groups in total. The Bertz CT molecular complexity index is 872. The molecule has 0 saturated heterocycles. The molecule has 0 aliphatic heterocycles. The maximum Gasteiger partial charge on any atom is 0.342 e. The van der Waals surface area contributed by atoms with Crippen LogP contribution in [0.15, 0.2) is 18.2 Å². The molecular formula is C16H10F5NO4. The van der Waals surface area contributed by atoms with E-state index in [1.165, 1.54) is 23.5 Å². The Kier molecular flexibility index (Phi) is 5.44. The first kappa shape index (κ1) is 19.2. The average Bonchev–Trinajstić information content (AvgIpc) is 2.60. The molecule has 0 aromatic heterocycles. The molecule has 0 spiro atoms. The van der Waals surface area contributed by atoms with Gasteiger partial charge in [0, 0.05) is 0 Å². The Morgan fingerprint density at radius 3 is 2.08 bits per heavy atom. The molecule has 2 aromatic rings. The van der Waals surface area contributed by atoms with Crippen molar-refractivity contribution >= 4 is 17.6 Å². The van der Waals surface area contributed by atoms with E-state index in [1.54, 1.807) is 6.92 Å². The lowest BCUT2D eigenvalue weighted by molar-refractivity contribution is -0.119. The van der Waals surface area contributed by atoms with Gasteiger partial charge in [0.25, 0.3) is 5.91 Å². The average molecular weight is 375 g/mol. The molecule has 2 rings (SSSR count). The normalized spacial score (nSPS) is 10.5. The topological polar surface area (TPSA) is 75.6 Å². The summed E-state index contributed by atoms with van der Waals surface area (Å²) in [6, 6.07) is 3.95. The maximum atomic E-state index is 13.4. The number of anilines is 1. The molecule has 0 saturated carbocycles. The number of benzene rings is 2. The highest BCUT2D eigenvalue weighted by atomic mass is 19.2. The van der Waals surface area contributed by atoms with E-state index in [4.69, 9.17) is 0 Å². The van der Waals surface area contributed by atoms with Gasteiger partial charge in [-0.3, -0.25) is 4.79 Å². The van der Waals surface area contributed by atoms with Crippen LogP contribution in [0.2, 0.25) is 0 Å². The molecule has 0 atom stereocenters. The van der Waals surface area contributed by atoms with E-state index in [-0.39, 0.29) is 5.56 Å². The molecule has 5 nitrogen and oxygen atoms in total. The van der Waals surface area contributed by atoms with Crippen LogP contribution in [0.4, 0.5) is 27.6 Å². The zero-order valence-electron chi connectivity index (χ0n) is 13.0. The number of halogens is 5. The lowest BCUT2D eigenvalue weighted by Gasteiger charge is -2.10. The zero-order valence-corrected chi connectivity index (χ0v) is 13.0. The van der Waals surface area contributed by atoms with Crippen LogP contribution in [0, 0.1) is 36.0 Å². The molecule has 0 unspecified atom stereocenters. The van der Waals surface area contributed by atoms with Crippen LogP contribution < -0.4 is 5.32 Å². The number of phenolic OH excluding ortho intramolecular Hbond substituents is 1. The van der Waals surface area contributed by atoms with Crippen molar-refractivity contribution in [2.24, 2.45) is 0 Å². The number of amides is 1. The van der Waals surface area contributed by atoms with Crippen molar-refractivity contribution in [2.45, 2.75) is 6.92 Å². The lowest BCUT2D eigenvalue weighted by atomic mass is 10.1. The van der Waals surface area contributed by atoms with Gasteiger partial charge in [0.1, 0.15) is 17.0 Å². The third-order valence-corrected chi connectivity index (χ3v) is 3.18. The van der Waals surface area contributed by atoms with Crippen LogP contribution in [0.1, 0.15) is 15.9 Å². The summed E-state index contributed by atoms with van der Waals surface area (Å²) >= 11 is 0. The number of ether oxygens (including phenoxy) is 1. The first-order chi connectivity index (χ1) is 12.1. The third kappa shape index (κ3) is 3.73. The Balaban J connectivity index is 2.09. The minimum atomic E-state index is -2.38. The fourth-order valence-corrected chi connectivity index (χ4v) is 1.91. The van der Waals surface area contributed by atoms with E-state index in [0.29, 0.717) is 5.56 Å². The van der Waals surface area contributed by atoms with Crippen molar-refractivity contribution in [2.75, 3.05) is 11.9 Å². The van der Waals surface area contributed by atoms with E-state index in [1.807, 2.05) is 0 Å². The van der Waals surface area contributed by atoms with Crippen LogP contribution in [-0.4, -0.2) is 23.6 Å². The minimum absolute atomic E-state index is 0.278. The summed E-state index contributed by atoms with van der Waals surface area (Å²) in [5, 5.41) is 11.0. The van der Waals surface area contributed by atoms with Crippen molar-refractivity contribution in [1.82, 2.24) is 0 Å². The van der Waals surface area contributed by atoms with Gasteiger partial charge in [-0.05, 0) is 24.6 Å². The predicted octanol–water partition coefficient (Wildman–Crippen LogP) is 3.19. The van der Waals surface area contributed by atoms with Crippen LogP contribution in [0.25, 0.3) is 0 Å². The molecule has 0 aliphatic carbocycles. The number of aromatic hydroxyl groups is 1. The van der Waals surface area contributed by atoms with Crippen LogP contribution in [0.5, 0.6) is 5.75 Å². The van der Waals surface area contributed by atoms with E-state index >= 15 is 0 Å². The Labute approximate surface area is 143 Å². The van der Waals surface area contributed by atoms with Gasteiger partial charge in [0.15, 0.2) is 29.9 Å². The molecule has 0 aliphatic rings. The van der Waals surface area contributed by atoms with E-state index in [9.17, 15) is 36.6 Å². The third-order valence-electron chi connectivity index (χ3n) is 3.18. The zero-order chi connectivity index (χ0) is 19.6. The Hall–Kier alpha value is -3.17. The largest absolute Gasteiger partial charge is 0.507 e. The van der Waals surface area contributed by atoms with Gasteiger partial charge in [-0.25, -0.2) is 26.7 Å².